The van der Waals surface area contributed by atoms with Crippen molar-refractivity contribution < 1.29 is 23.1 Å². The van der Waals surface area contributed by atoms with Crippen molar-refractivity contribution in [3.05, 3.63) is 71.6 Å². The van der Waals surface area contributed by atoms with E-state index in [0.29, 0.717) is 11.1 Å². The molecule has 8 heteroatoms. The Kier molecular flexibility index (Phi) is 4.50. The molecule has 3 heterocycles. The fourth-order valence-electron chi connectivity index (χ4n) is 3.84. The fourth-order valence-corrected chi connectivity index (χ4v) is 5.55. The highest BCUT2D eigenvalue weighted by atomic mass is 32.2. The highest BCUT2D eigenvalue weighted by molar-refractivity contribution is 7.91. The normalized spacial score (nSPS) is 25.9. The number of sulfone groups is 1. The van der Waals surface area contributed by atoms with Gasteiger partial charge in [-0.25, -0.2) is 8.42 Å². The topological polar surface area (TPSA) is 105 Å². The summed E-state index contributed by atoms with van der Waals surface area (Å²) in [7, 11) is -3.27. The zero-order valence-electron chi connectivity index (χ0n) is 14.9. The lowest BCUT2D eigenvalue weighted by Crippen LogP contribution is -2.40. The standard InChI is InChI=1S/C20H18N2O5S/c23-18(13-5-2-1-3-6-13)16-17(14-7-4-9-21-11-14)22(20(25)19(16)24)15-8-10-28(26,27)12-15/h1-7,9,11,15,17,23H,8,10,12H2/b18-16-/t15-,17+/m1/s1. The molecule has 2 aliphatic heterocycles. The van der Waals surface area contributed by atoms with Crippen molar-refractivity contribution in [2.45, 2.75) is 18.5 Å². The Labute approximate surface area is 162 Å². The number of rotatable bonds is 3. The predicted molar refractivity (Wildman–Crippen MR) is 102 cm³/mol. The Bertz CT molecular complexity index is 1060. The maximum Gasteiger partial charge on any atom is 0.295 e. The number of benzene rings is 1. The van der Waals surface area contributed by atoms with Gasteiger partial charge in [-0.05, 0) is 18.1 Å². The average molecular weight is 398 g/mol. The number of nitrogens with zero attached hydrogens (tertiary/aromatic N) is 2. The molecule has 0 bridgehead atoms. The van der Waals surface area contributed by atoms with E-state index in [4.69, 9.17) is 0 Å². The highest BCUT2D eigenvalue weighted by Gasteiger charge is 2.50. The van der Waals surface area contributed by atoms with Gasteiger partial charge in [-0.1, -0.05) is 36.4 Å². The Morgan fingerprint density at radius 2 is 1.86 bits per heavy atom. The molecular weight excluding hydrogens is 380 g/mol. The lowest BCUT2D eigenvalue weighted by molar-refractivity contribution is -0.141. The number of likely N-dealkylation sites (tertiary alicyclic amines) is 1. The second-order valence-corrected chi connectivity index (χ2v) is 9.14. The second-order valence-electron chi connectivity index (χ2n) is 6.92. The van der Waals surface area contributed by atoms with Gasteiger partial charge in [0.15, 0.2) is 9.84 Å². The minimum atomic E-state index is -3.27. The lowest BCUT2D eigenvalue weighted by Gasteiger charge is -2.29. The van der Waals surface area contributed by atoms with Crippen molar-refractivity contribution in [2.24, 2.45) is 0 Å². The van der Waals surface area contributed by atoms with E-state index in [1.807, 2.05) is 0 Å². The molecule has 0 radical (unpaired) electrons. The summed E-state index contributed by atoms with van der Waals surface area (Å²) >= 11 is 0. The molecule has 144 valence electrons. The molecule has 0 aliphatic carbocycles. The number of hydrogen-bond acceptors (Lipinski definition) is 6. The molecule has 28 heavy (non-hydrogen) atoms. The monoisotopic (exact) mass is 398 g/mol. The van der Waals surface area contributed by atoms with Crippen LogP contribution in [0.1, 0.15) is 23.6 Å². The first kappa shape index (κ1) is 18.4. The van der Waals surface area contributed by atoms with Crippen molar-refractivity contribution in [3.63, 3.8) is 0 Å². The van der Waals surface area contributed by atoms with Crippen LogP contribution >= 0.6 is 0 Å². The molecule has 1 aromatic heterocycles. The quantitative estimate of drug-likeness (QED) is 0.479. The van der Waals surface area contributed by atoms with Gasteiger partial charge in [0, 0.05) is 24.0 Å². The molecule has 0 unspecified atom stereocenters. The third kappa shape index (κ3) is 3.09. The lowest BCUT2D eigenvalue weighted by atomic mass is 9.96. The molecule has 2 saturated heterocycles. The van der Waals surface area contributed by atoms with E-state index in [-0.39, 0.29) is 29.3 Å². The van der Waals surface area contributed by atoms with Gasteiger partial charge in [0.2, 0.25) is 0 Å². The first-order chi connectivity index (χ1) is 13.4. The van der Waals surface area contributed by atoms with Gasteiger partial charge in [-0.15, -0.1) is 0 Å². The smallest absolute Gasteiger partial charge is 0.295 e. The third-order valence-electron chi connectivity index (χ3n) is 5.13. The molecule has 0 saturated carbocycles. The number of carbonyl (C=O) groups excluding carboxylic acids is 2. The number of amides is 1. The summed E-state index contributed by atoms with van der Waals surface area (Å²) < 4.78 is 23.9. The number of aromatic nitrogens is 1. The van der Waals surface area contributed by atoms with E-state index in [1.165, 1.54) is 11.1 Å². The van der Waals surface area contributed by atoms with E-state index in [0.717, 1.165) is 0 Å². The van der Waals surface area contributed by atoms with E-state index >= 15 is 0 Å². The minimum Gasteiger partial charge on any atom is -0.507 e. The van der Waals surface area contributed by atoms with Gasteiger partial charge in [-0.3, -0.25) is 14.6 Å². The van der Waals surface area contributed by atoms with E-state index in [2.05, 4.69) is 4.98 Å². The molecule has 4 rings (SSSR count). The van der Waals surface area contributed by atoms with Crippen LogP contribution in [0.2, 0.25) is 0 Å². The molecule has 7 nitrogen and oxygen atoms in total. The summed E-state index contributed by atoms with van der Waals surface area (Å²) in [5.41, 5.74) is 0.908. The van der Waals surface area contributed by atoms with Gasteiger partial charge in [0.25, 0.3) is 11.7 Å². The molecule has 1 aromatic carbocycles. The largest absolute Gasteiger partial charge is 0.507 e. The van der Waals surface area contributed by atoms with Crippen molar-refractivity contribution in [1.29, 1.82) is 0 Å². The van der Waals surface area contributed by atoms with Gasteiger partial charge in [-0.2, -0.15) is 0 Å². The maximum absolute atomic E-state index is 12.9. The Balaban J connectivity index is 1.88. The summed E-state index contributed by atoms with van der Waals surface area (Å²) in [5.74, 6) is -2.12. The van der Waals surface area contributed by atoms with Crippen LogP contribution in [0.5, 0.6) is 0 Å². The maximum atomic E-state index is 12.9. The Hall–Kier alpha value is -3.00. The summed E-state index contributed by atoms with van der Waals surface area (Å²) in [4.78, 5) is 31.1. The molecule has 2 aromatic rings. The van der Waals surface area contributed by atoms with Crippen LogP contribution in [0.15, 0.2) is 60.4 Å². The third-order valence-corrected chi connectivity index (χ3v) is 6.88. The van der Waals surface area contributed by atoms with Gasteiger partial charge in [0.1, 0.15) is 5.76 Å². The molecule has 2 fully saturated rings. The van der Waals surface area contributed by atoms with Crippen LogP contribution in [0.4, 0.5) is 0 Å². The minimum absolute atomic E-state index is 0.0287. The molecule has 1 amide bonds. The van der Waals surface area contributed by atoms with Crippen molar-refractivity contribution in [1.82, 2.24) is 9.88 Å². The van der Waals surface area contributed by atoms with Crippen LogP contribution in [0, 0.1) is 0 Å². The summed E-state index contributed by atoms with van der Waals surface area (Å²) in [6.45, 7) is 0. The number of ketones is 1. The van der Waals surface area contributed by atoms with Crippen LogP contribution in [-0.4, -0.2) is 52.6 Å². The van der Waals surface area contributed by atoms with E-state index in [9.17, 15) is 23.1 Å². The second kappa shape index (κ2) is 6.87. The van der Waals surface area contributed by atoms with E-state index in [1.54, 1.807) is 48.7 Å². The Morgan fingerprint density at radius 3 is 2.46 bits per heavy atom. The Morgan fingerprint density at radius 1 is 1.11 bits per heavy atom. The summed E-state index contributed by atoms with van der Waals surface area (Å²) in [6.07, 6.45) is 3.34. The molecule has 2 atom stereocenters. The number of aliphatic hydroxyl groups excluding tert-OH is 1. The number of Topliss-reactive ketones (excluding diaryl/α,β-unsaturated/α-hetero) is 1. The first-order valence-electron chi connectivity index (χ1n) is 8.85. The van der Waals surface area contributed by atoms with Crippen molar-refractivity contribution in [3.8, 4) is 0 Å². The molecule has 2 aliphatic rings. The summed E-state index contributed by atoms with van der Waals surface area (Å²) in [6, 6.07) is 10.4. The zero-order chi connectivity index (χ0) is 19.9. The van der Waals surface area contributed by atoms with Crippen molar-refractivity contribution in [2.75, 3.05) is 11.5 Å². The highest BCUT2D eigenvalue weighted by Crippen LogP contribution is 2.41. The number of hydrogen-bond donors (Lipinski definition) is 1. The SMILES string of the molecule is O=C1C(=O)N([C@@H]2CCS(=O)(=O)C2)[C@@H](c2cccnc2)/C1=C(/O)c1ccccc1. The fraction of sp³-hybridized carbons (Fsp3) is 0.250. The van der Waals surface area contributed by atoms with Gasteiger partial charge >= 0.3 is 0 Å². The number of aliphatic hydroxyl groups is 1. The van der Waals surface area contributed by atoms with Gasteiger partial charge < -0.3 is 10.0 Å². The molecule has 1 N–H and O–H groups in total. The summed E-state index contributed by atoms with van der Waals surface area (Å²) in [5, 5.41) is 10.8. The number of pyridine rings is 1. The predicted octanol–water partition coefficient (Wildman–Crippen LogP) is 1.69. The zero-order valence-corrected chi connectivity index (χ0v) is 15.7. The van der Waals surface area contributed by atoms with Crippen LogP contribution in [0.25, 0.3) is 5.76 Å². The molecular formula is C20H18N2O5S. The first-order valence-corrected chi connectivity index (χ1v) is 10.7. The van der Waals surface area contributed by atoms with Crippen molar-refractivity contribution >= 4 is 27.3 Å². The van der Waals surface area contributed by atoms with Crippen LogP contribution in [0.3, 0.4) is 0 Å². The molecule has 0 spiro atoms. The van der Waals surface area contributed by atoms with Gasteiger partial charge in [0.05, 0.1) is 23.1 Å². The van der Waals surface area contributed by atoms with Crippen LogP contribution in [-0.2, 0) is 19.4 Å². The number of carbonyl (C=O) groups is 2. The average Bonchev–Trinajstić information content (AvgIpc) is 3.19. The van der Waals surface area contributed by atoms with Crippen LogP contribution < -0.4 is 0 Å². The van der Waals surface area contributed by atoms with E-state index < -0.39 is 33.6 Å².